The van der Waals surface area contributed by atoms with Crippen molar-refractivity contribution in [2.45, 2.75) is 6.42 Å². The SMILES string of the molecule is Cn1c(Cc2nc3cc(F)cc(F)c3n2C)nc2ccc(C(=O)N3CCN(c4ccc(F)cc4)CC3)cc21. The molecule has 3 aromatic carbocycles. The van der Waals surface area contributed by atoms with E-state index >= 15 is 0 Å². The molecule has 7 nitrogen and oxygen atoms in total. The molecule has 0 saturated carbocycles. The summed E-state index contributed by atoms with van der Waals surface area (Å²) in [5.74, 6) is -0.408. The van der Waals surface area contributed by atoms with Crippen molar-refractivity contribution in [2.24, 2.45) is 14.1 Å². The van der Waals surface area contributed by atoms with Gasteiger partial charge in [0, 0.05) is 63.7 Å². The van der Waals surface area contributed by atoms with Crippen LogP contribution in [0.5, 0.6) is 0 Å². The number of hydrogen-bond donors (Lipinski definition) is 0. The average Bonchev–Trinajstić information content (AvgIpc) is 3.39. The Morgan fingerprint density at radius 3 is 2.21 bits per heavy atom. The van der Waals surface area contributed by atoms with Gasteiger partial charge in [0.2, 0.25) is 0 Å². The fourth-order valence-electron chi connectivity index (χ4n) is 5.15. The van der Waals surface area contributed by atoms with Crippen LogP contribution in [0.4, 0.5) is 18.9 Å². The van der Waals surface area contributed by atoms with Crippen LogP contribution in [0.3, 0.4) is 0 Å². The normalized spacial score (nSPS) is 14.1. The lowest BCUT2D eigenvalue weighted by Gasteiger charge is -2.36. The second-order valence-electron chi connectivity index (χ2n) is 9.57. The van der Waals surface area contributed by atoms with E-state index in [9.17, 15) is 18.0 Å². The maximum absolute atomic E-state index is 14.3. The Kier molecular flexibility index (Phi) is 5.81. The van der Waals surface area contributed by atoms with Crippen molar-refractivity contribution in [1.82, 2.24) is 24.0 Å². The first-order valence-electron chi connectivity index (χ1n) is 12.3. The van der Waals surface area contributed by atoms with Crippen LogP contribution >= 0.6 is 0 Å². The number of carbonyl (C=O) groups excluding carboxylic acids is 1. The molecule has 0 spiro atoms. The van der Waals surface area contributed by atoms with E-state index in [2.05, 4.69) is 9.88 Å². The number of imidazole rings is 2. The van der Waals surface area contributed by atoms with Crippen LogP contribution < -0.4 is 4.90 Å². The lowest BCUT2D eigenvalue weighted by atomic mass is 10.1. The van der Waals surface area contributed by atoms with Gasteiger partial charge in [0.25, 0.3) is 5.91 Å². The number of piperazine rings is 1. The topological polar surface area (TPSA) is 59.2 Å². The Balaban J connectivity index is 1.21. The van der Waals surface area contributed by atoms with Crippen molar-refractivity contribution in [3.8, 4) is 0 Å². The van der Waals surface area contributed by atoms with E-state index in [1.54, 1.807) is 29.8 Å². The molecule has 3 heterocycles. The summed E-state index contributed by atoms with van der Waals surface area (Å²) in [5.41, 5.74) is 3.54. The van der Waals surface area contributed by atoms with Crippen LogP contribution in [0, 0.1) is 17.5 Å². The third-order valence-corrected chi connectivity index (χ3v) is 7.28. The lowest BCUT2D eigenvalue weighted by Crippen LogP contribution is -2.48. The predicted molar refractivity (Wildman–Crippen MR) is 139 cm³/mol. The Bertz CT molecular complexity index is 1680. The van der Waals surface area contributed by atoms with Gasteiger partial charge in [0.1, 0.15) is 28.8 Å². The first-order valence-corrected chi connectivity index (χ1v) is 12.3. The fraction of sp³-hybridized carbons (Fsp3) is 0.250. The van der Waals surface area contributed by atoms with Gasteiger partial charge in [-0.15, -0.1) is 0 Å². The maximum atomic E-state index is 14.3. The number of carbonyl (C=O) groups is 1. The van der Waals surface area contributed by atoms with E-state index in [1.165, 1.54) is 18.2 Å². The molecule has 38 heavy (non-hydrogen) atoms. The first kappa shape index (κ1) is 24.0. The molecule has 0 atom stereocenters. The van der Waals surface area contributed by atoms with Crippen LogP contribution in [0.2, 0.25) is 0 Å². The highest BCUT2D eigenvalue weighted by Gasteiger charge is 2.23. The third kappa shape index (κ3) is 4.15. The number of hydrogen-bond acceptors (Lipinski definition) is 4. The number of anilines is 1. The Labute approximate surface area is 216 Å². The van der Waals surface area contributed by atoms with Crippen LogP contribution in [-0.2, 0) is 20.5 Å². The van der Waals surface area contributed by atoms with Crippen molar-refractivity contribution in [1.29, 1.82) is 0 Å². The summed E-state index contributed by atoms with van der Waals surface area (Å²) >= 11 is 0. The molecule has 0 aliphatic carbocycles. The standard InChI is InChI=1S/C28H25F3N6O/c1-34-24-13-17(28(38)37-11-9-36(10-12-37)20-6-4-18(29)5-7-20)3-8-22(24)32-25(34)16-26-33-23-15-19(30)14-21(31)27(23)35(26)2/h3-8,13-15H,9-12,16H2,1-2H3. The maximum Gasteiger partial charge on any atom is 0.254 e. The molecule has 1 amide bonds. The summed E-state index contributed by atoms with van der Waals surface area (Å²) in [5, 5.41) is 0. The number of nitrogens with zero attached hydrogens (tertiary/aromatic N) is 6. The smallest absolute Gasteiger partial charge is 0.254 e. The highest BCUT2D eigenvalue weighted by molar-refractivity contribution is 5.97. The minimum absolute atomic E-state index is 0.0544. The zero-order valence-electron chi connectivity index (χ0n) is 21.0. The number of halogens is 3. The molecule has 1 fully saturated rings. The van der Waals surface area contributed by atoms with Crippen molar-refractivity contribution in [2.75, 3.05) is 31.1 Å². The van der Waals surface area contributed by atoms with Gasteiger partial charge in [-0.05, 0) is 42.5 Å². The van der Waals surface area contributed by atoms with E-state index in [0.29, 0.717) is 49.8 Å². The van der Waals surface area contributed by atoms with Gasteiger partial charge in [-0.1, -0.05) is 0 Å². The molecular formula is C28H25F3N6O. The molecule has 0 radical (unpaired) electrons. The molecule has 0 unspecified atom stereocenters. The Morgan fingerprint density at radius 2 is 1.47 bits per heavy atom. The van der Waals surface area contributed by atoms with Gasteiger partial charge in [0.15, 0.2) is 5.82 Å². The number of fused-ring (bicyclic) bond motifs is 2. The number of aromatic nitrogens is 4. The van der Waals surface area contributed by atoms with Gasteiger partial charge < -0.3 is 18.9 Å². The summed E-state index contributed by atoms with van der Waals surface area (Å²) in [4.78, 5) is 26.4. The number of aryl methyl sites for hydroxylation is 2. The number of rotatable bonds is 4. The zero-order valence-corrected chi connectivity index (χ0v) is 21.0. The largest absolute Gasteiger partial charge is 0.368 e. The highest BCUT2D eigenvalue weighted by Crippen LogP contribution is 2.24. The van der Waals surface area contributed by atoms with Crippen LogP contribution in [0.1, 0.15) is 22.0 Å². The van der Waals surface area contributed by atoms with E-state index < -0.39 is 11.6 Å². The molecule has 10 heteroatoms. The third-order valence-electron chi connectivity index (χ3n) is 7.28. The van der Waals surface area contributed by atoms with Gasteiger partial charge >= 0.3 is 0 Å². The van der Waals surface area contributed by atoms with Crippen LogP contribution in [-0.4, -0.2) is 56.1 Å². The van der Waals surface area contributed by atoms with E-state index in [-0.39, 0.29) is 22.8 Å². The van der Waals surface area contributed by atoms with Crippen molar-refractivity contribution >= 4 is 33.7 Å². The first-order chi connectivity index (χ1) is 18.3. The van der Waals surface area contributed by atoms with Crippen molar-refractivity contribution < 1.29 is 18.0 Å². The van der Waals surface area contributed by atoms with Gasteiger partial charge in [-0.25, -0.2) is 23.1 Å². The van der Waals surface area contributed by atoms with Gasteiger partial charge in [-0.3, -0.25) is 4.79 Å². The van der Waals surface area contributed by atoms with E-state index in [1.807, 2.05) is 28.6 Å². The van der Waals surface area contributed by atoms with Crippen molar-refractivity contribution in [3.05, 3.63) is 89.3 Å². The summed E-state index contributed by atoms with van der Waals surface area (Å²) < 4.78 is 44.7. The monoisotopic (exact) mass is 518 g/mol. The zero-order chi connectivity index (χ0) is 26.6. The molecule has 0 bridgehead atoms. The average molecular weight is 519 g/mol. The van der Waals surface area contributed by atoms with E-state index in [0.717, 1.165) is 22.8 Å². The molecule has 6 rings (SSSR count). The molecule has 0 N–H and O–H groups in total. The number of benzene rings is 3. The summed E-state index contributed by atoms with van der Waals surface area (Å²) in [6.07, 6.45) is 0.312. The van der Waals surface area contributed by atoms with Crippen LogP contribution in [0.25, 0.3) is 22.1 Å². The number of amides is 1. The molecule has 194 valence electrons. The molecule has 1 aliphatic heterocycles. The van der Waals surface area contributed by atoms with E-state index in [4.69, 9.17) is 4.98 Å². The second-order valence-corrected chi connectivity index (χ2v) is 9.57. The van der Waals surface area contributed by atoms with Gasteiger partial charge in [0.05, 0.1) is 23.0 Å². The lowest BCUT2D eigenvalue weighted by molar-refractivity contribution is 0.0747. The predicted octanol–water partition coefficient (Wildman–Crippen LogP) is 4.43. The van der Waals surface area contributed by atoms with Crippen molar-refractivity contribution in [3.63, 3.8) is 0 Å². The summed E-state index contributed by atoms with van der Waals surface area (Å²) in [7, 11) is 3.56. The fourth-order valence-corrected chi connectivity index (χ4v) is 5.15. The minimum atomic E-state index is -0.670. The Hall–Kier alpha value is -4.34. The molecular weight excluding hydrogens is 493 g/mol. The molecule has 5 aromatic rings. The molecule has 2 aromatic heterocycles. The van der Waals surface area contributed by atoms with Crippen LogP contribution in [0.15, 0.2) is 54.6 Å². The summed E-state index contributed by atoms with van der Waals surface area (Å²) in [6.45, 7) is 2.46. The molecule has 1 saturated heterocycles. The second kappa shape index (κ2) is 9.20. The van der Waals surface area contributed by atoms with Gasteiger partial charge in [-0.2, -0.15) is 0 Å². The minimum Gasteiger partial charge on any atom is -0.368 e. The Morgan fingerprint density at radius 1 is 0.789 bits per heavy atom. The summed E-state index contributed by atoms with van der Waals surface area (Å²) in [6, 6.07) is 13.9. The quantitative estimate of drug-likeness (QED) is 0.353. The molecule has 1 aliphatic rings. The highest BCUT2D eigenvalue weighted by atomic mass is 19.1.